The standard InChI is InChI=1S/C18H24O2/c1-12(2)15-6-4-13(3)16(10-15)8-14-5-7-17-18(9-14)20-11-19-17/h5,7,9-10,12-13,15H,4,6,8,11H2,1-3H3. The number of fused-ring (bicyclic) bond motifs is 1. The highest BCUT2D eigenvalue weighted by atomic mass is 16.7. The molecule has 1 heterocycles. The van der Waals surface area contributed by atoms with Crippen molar-refractivity contribution in [2.45, 2.75) is 40.0 Å². The van der Waals surface area contributed by atoms with E-state index < -0.39 is 0 Å². The minimum absolute atomic E-state index is 0.354. The summed E-state index contributed by atoms with van der Waals surface area (Å²) in [7, 11) is 0. The Hall–Kier alpha value is -1.44. The molecule has 2 nitrogen and oxygen atoms in total. The third-order valence-electron chi connectivity index (χ3n) is 4.70. The topological polar surface area (TPSA) is 18.5 Å². The molecule has 108 valence electrons. The van der Waals surface area contributed by atoms with E-state index >= 15 is 0 Å². The molecule has 0 bridgehead atoms. The van der Waals surface area contributed by atoms with Gasteiger partial charge in [0.1, 0.15) is 0 Å². The van der Waals surface area contributed by atoms with E-state index in [1.54, 1.807) is 5.57 Å². The molecule has 2 aliphatic rings. The van der Waals surface area contributed by atoms with Crippen LogP contribution in [-0.2, 0) is 6.42 Å². The quantitative estimate of drug-likeness (QED) is 0.749. The second kappa shape index (κ2) is 5.51. The van der Waals surface area contributed by atoms with Crippen molar-refractivity contribution in [3.8, 4) is 11.5 Å². The molecule has 0 N–H and O–H groups in total. The Morgan fingerprint density at radius 2 is 1.95 bits per heavy atom. The molecule has 0 spiro atoms. The third-order valence-corrected chi connectivity index (χ3v) is 4.70. The van der Waals surface area contributed by atoms with Gasteiger partial charge in [0.25, 0.3) is 0 Å². The van der Waals surface area contributed by atoms with Crippen molar-refractivity contribution in [1.82, 2.24) is 0 Å². The van der Waals surface area contributed by atoms with Gasteiger partial charge < -0.3 is 9.47 Å². The zero-order chi connectivity index (χ0) is 14.1. The van der Waals surface area contributed by atoms with Crippen LogP contribution in [0.4, 0.5) is 0 Å². The smallest absolute Gasteiger partial charge is 0.231 e. The lowest BCUT2D eigenvalue weighted by Gasteiger charge is -2.29. The molecule has 2 heteroatoms. The fourth-order valence-corrected chi connectivity index (χ4v) is 3.20. The van der Waals surface area contributed by atoms with Gasteiger partial charge in [-0.3, -0.25) is 0 Å². The number of allylic oxidation sites excluding steroid dienone is 2. The fourth-order valence-electron chi connectivity index (χ4n) is 3.20. The molecule has 0 amide bonds. The van der Waals surface area contributed by atoms with Crippen LogP contribution in [0.1, 0.15) is 39.2 Å². The Kier molecular flexibility index (Phi) is 3.73. The summed E-state index contributed by atoms with van der Waals surface area (Å²) in [5.74, 6) is 3.96. The maximum atomic E-state index is 5.47. The predicted molar refractivity (Wildman–Crippen MR) is 81.1 cm³/mol. The minimum Gasteiger partial charge on any atom is -0.454 e. The van der Waals surface area contributed by atoms with E-state index in [1.165, 1.54) is 18.4 Å². The minimum atomic E-state index is 0.354. The molecular formula is C18H24O2. The number of hydrogen-bond donors (Lipinski definition) is 0. The highest BCUT2D eigenvalue weighted by Crippen LogP contribution is 2.36. The van der Waals surface area contributed by atoms with Crippen LogP contribution in [0.3, 0.4) is 0 Å². The van der Waals surface area contributed by atoms with Crippen LogP contribution in [0.15, 0.2) is 29.8 Å². The van der Waals surface area contributed by atoms with Gasteiger partial charge in [-0.15, -0.1) is 0 Å². The summed E-state index contributed by atoms with van der Waals surface area (Å²) in [4.78, 5) is 0. The predicted octanol–water partition coefficient (Wildman–Crippen LogP) is 4.59. The summed E-state index contributed by atoms with van der Waals surface area (Å²) in [6, 6.07) is 6.33. The number of ether oxygens (including phenoxy) is 2. The molecule has 0 saturated carbocycles. The zero-order valence-corrected chi connectivity index (χ0v) is 12.7. The normalized spacial score (nSPS) is 24.9. The van der Waals surface area contributed by atoms with Gasteiger partial charge in [0.05, 0.1) is 0 Å². The van der Waals surface area contributed by atoms with Crippen molar-refractivity contribution in [1.29, 1.82) is 0 Å². The molecule has 20 heavy (non-hydrogen) atoms. The SMILES string of the molecule is CC1CCC(C(C)C)C=C1Cc1ccc2c(c1)OCO2. The molecule has 1 aliphatic heterocycles. The fraction of sp³-hybridized carbons (Fsp3) is 0.556. The van der Waals surface area contributed by atoms with Gasteiger partial charge >= 0.3 is 0 Å². The Morgan fingerprint density at radius 3 is 2.75 bits per heavy atom. The van der Waals surface area contributed by atoms with Crippen molar-refractivity contribution in [2.75, 3.05) is 6.79 Å². The van der Waals surface area contributed by atoms with Crippen LogP contribution < -0.4 is 9.47 Å². The largest absolute Gasteiger partial charge is 0.454 e. The average Bonchev–Trinajstić information content (AvgIpc) is 2.88. The van der Waals surface area contributed by atoms with Crippen LogP contribution >= 0.6 is 0 Å². The van der Waals surface area contributed by atoms with Crippen LogP contribution in [0.25, 0.3) is 0 Å². The molecule has 1 aliphatic carbocycles. The molecule has 0 saturated heterocycles. The van der Waals surface area contributed by atoms with E-state index in [0.29, 0.717) is 12.7 Å². The first-order chi connectivity index (χ1) is 9.63. The Labute approximate surface area is 121 Å². The molecule has 0 radical (unpaired) electrons. The third kappa shape index (κ3) is 2.70. The van der Waals surface area contributed by atoms with Gasteiger partial charge in [-0.1, -0.05) is 38.5 Å². The first kappa shape index (κ1) is 13.5. The molecule has 1 aromatic carbocycles. The van der Waals surface area contributed by atoms with Crippen molar-refractivity contribution in [2.24, 2.45) is 17.8 Å². The molecule has 2 atom stereocenters. The lowest BCUT2D eigenvalue weighted by molar-refractivity contribution is 0.174. The van der Waals surface area contributed by atoms with Gasteiger partial charge in [-0.05, 0) is 54.7 Å². The second-order valence-electron chi connectivity index (χ2n) is 6.49. The summed E-state index contributed by atoms with van der Waals surface area (Å²) in [6.45, 7) is 7.37. The molecule has 2 unspecified atom stereocenters. The molecule has 3 rings (SSSR count). The monoisotopic (exact) mass is 272 g/mol. The van der Waals surface area contributed by atoms with Crippen molar-refractivity contribution < 1.29 is 9.47 Å². The summed E-state index contributed by atoms with van der Waals surface area (Å²) in [5.41, 5.74) is 2.92. The first-order valence-corrected chi connectivity index (χ1v) is 7.72. The van der Waals surface area contributed by atoms with E-state index in [4.69, 9.17) is 9.47 Å². The van der Waals surface area contributed by atoms with Crippen LogP contribution in [0.2, 0.25) is 0 Å². The summed E-state index contributed by atoms with van der Waals surface area (Å²) >= 11 is 0. The van der Waals surface area contributed by atoms with E-state index in [2.05, 4.69) is 39.0 Å². The molecule has 0 aromatic heterocycles. The van der Waals surface area contributed by atoms with Gasteiger partial charge in [0.2, 0.25) is 6.79 Å². The highest BCUT2D eigenvalue weighted by molar-refractivity contribution is 5.45. The van der Waals surface area contributed by atoms with Gasteiger partial charge in [-0.25, -0.2) is 0 Å². The van der Waals surface area contributed by atoms with Crippen molar-refractivity contribution >= 4 is 0 Å². The van der Waals surface area contributed by atoms with E-state index in [-0.39, 0.29) is 0 Å². The van der Waals surface area contributed by atoms with Gasteiger partial charge in [0.15, 0.2) is 11.5 Å². The highest BCUT2D eigenvalue weighted by Gasteiger charge is 2.22. The van der Waals surface area contributed by atoms with E-state index in [9.17, 15) is 0 Å². The number of hydrogen-bond acceptors (Lipinski definition) is 2. The maximum absolute atomic E-state index is 5.47. The van der Waals surface area contributed by atoms with Crippen LogP contribution in [0, 0.1) is 17.8 Å². The average molecular weight is 272 g/mol. The van der Waals surface area contributed by atoms with Crippen LogP contribution in [-0.4, -0.2) is 6.79 Å². The van der Waals surface area contributed by atoms with Crippen molar-refractivity contribution in [3.63, 3.8) is 0 Å². The molecule has 1 aromatic rings. The summed E-state index contributed by atoms with van der Waals surface area (Å²) in [5, 5.41) is 0. The Morgan fingerprint density at radius 1 is 1.15 bits per heavy atom. The Balaban J connectivity index is 1.79. The second-order valence-corrected chi connectivity index (χ2v) is 6.49. The van der Waals surface area contributed by atoms with Gasteiger partial charge in [-0.2, -0.15) is 0 Å². The van der Waals surface area contributed by atoms with Crippen molar-refractivity contribution in [3.05, 3.63) is 35.4 Å². The van der Waals surface area contributed by atoms with E-state index in [1.807, 2.05) is 6.07 Å². The first-order valence-electron chi connectivity index (χ1n) is 7.72. The van der Waals surface area contributed by atoms with E-state index in [0.717, 1.165) is 29.8 Å². The number of benzene rings is 1. The maximum Gasteiger partial charge on any atom is 0.231 e. The van der Waals surface area contributed by atoms with Crippen LogP contribution in [0.5, 0.6) is 11.5 Å². The lowest BCUT2D eigenvalue weighted by atomic mass is 9.77. The molecular weight excluding hydrogens is 248 g/mol. The number of rotatable bonds is 3. The van der Waals surface area contributed by atoms with Gasteiger partial charge in [0, 0.05) is 0 Å². The summed E-state index contributed by atoms with van der Waals surface area (Å²) < 4.78 is 10.8. The lowest BCUT2D eigenvalue weighted by Crippen LogP contribution is -2.17. The summed E-state index contributed by atoms with van der Waals surface area (Å²) in [6.07, 6.45) is 6.23. The Bertz CT molecular complexity index is 516. The molecule has 0 fully saturated rings. The zero-order valence-electron chi connectivity index (χ0n) is 12.7.